The third-order valence-electron chi connectivity index (χ3n) is 14.9. The van der Waals surface area contributed by atoms with E-state index in [1.54, 1.807) is 0 Å². The Hall–Kier alpha value is -6.65. The molecule has 9 nitrogen and oxygen atoms in total. The SMILES string of the molecule is CC/C=C\C/C=C\C/C=C\C/C=C\C/C=C\C/C=C\C/C=C\C/C=C\C/C=C\C/C=C\C/C=C\CCCCCC(=O)OC(COC(=O)CCCCCCCCCCCC/C=C\C/C=C\C/C=C\C/C=C\C/C=C\C/C=C\C/C=C\C/C=C\CC)COC(OCC[N+](C)(C)C)C(=O)O. The second-order valence-corrected chi connectivity index (χ2v) is 25.1. The number of carbonyl (C=O) groups excluding carboxylic acids is 2. The van der Waals surface area contributed by atoms with Crippen molar-refractivity contribution in [1.82, 2.24) is 0 Å². The van der Waals surface area contributed by atoms with Gasteiger partial charge in [0.15, 0.2) is 6.10 Å². The summed E-state index contributed by atoms with van der Waals surface area (Å²) in [6.45, 7) is 4.57. The van der Waals surface area contributed by atoms with E-state index in [1.165, 1.54) is 38.5 Å². The molecule has 0 fully saturated rings. The number of nitrogens with zero attached hydrogens (tertiary/aromatic N) is 1. The first-order valence-corrected chi connectivity index (χ1v) is 37.5. The van der Waals surface area contributed by atoms with Crippen LogP contribution in [0.4, 0.5) is 0 Å². The predicted molar refractivity (Wildman–Crippen MR) is 418 cm³/mol. The van der Waals surface area contributed by atoms with Gasteiger partial charge in [0, 0.05) is 12.8 Å². The molecule has 97 heavy (non-hydrogen) atoms. The zero-order chi connectivity index (χ0) is 70.4. The normalized spacial score (nSPS) is 14.0. The fourth-order valence-corrected chi connectivity index (χ4v) is 9.27. The average Bonchev–Trinajstić information content (AvgIpc) is 3.11. The first-order chi connectivity index (χ1) is 47.6. The lowest BCUT2D eigenvalue weighted by Crippen LogP contribution is -2.40. The van der Waals surface area contributed by atoms with Gasteiger partial charge in [-0.05, 0) is 161 Å². The molecule has 0 saturated heterocycles. The van der Waals surface area contributed by atoms with Gasteiger partial charge in [-0.3, -0.25) is 9.59 Å². The van der Waals surface area contributed by atoms with Crippen molar-refractivity contribution in [3.63, 3.8) is 0 Å². The van der Waals surface area contributed by atoms with Crippen molar-refractivity contribution in [2.45, 2.75) is 257 Å². The summed E-state index contributed by atoms with van der Waals surface area (Å²) in [7, 11) is 5.95. The third kappa shape index (κ3) is 76.6. The number of aliphatic carboxylic acids is 1. The van der Waals surface area contributed by atoms with Gasteiger partial charge in [0.05, 0.1) is 34.4 Å². The maximum atomic E-state index is 13.0. The molecule has 2 atom stereocenters. The van der Waals surface area contributed by atoms with Gasteiger partial charge >= 0.3 is 17.9 Å². The van der Waals surface area contributed by atoms with Gasteiger partial charge < -0.3 is 28.5 Å². The van der Waals surface area contributed by atoms with E-state index < -0.39 is 24.3 Å². The monoisotopic (exact) mass is 1340 g/mol. The average molecular weight is 1340 g/mol. The lowest BCUT2D eigenvalue weighted by molar-refractivity contribution is -0.870. The number of rotatable bonds is 66. The second kappa shape index (κ2) is 75.1. The Morgan fingerprint density at radius 2 is 0.557 bits per heavy atom. The predicted octanol–water partition coefficient (Wildman–Crippen LogP) is 24.2. The number of carbonyl (C=O) groups is 3. The van der Waals surface area contributed by atoms with E-state index in [2.05, 4.69) is 245 Å². The minimum Gasteiger partial charge on any atom is -0.477 e. The molecular weight excluding hydrogens is 1200 g/mol. The number of carboxylic acids is 1. The largest absolute Gasteiger partial charge is 0.477 e. The maximum absolute atomic E-state index is 13.0. The van der Waals surface area contributed by atoms with Crippen molar-refractivity contribution >= 4 is 17.9 Å². The van der Waals surface area contributed by atoms with Gasteiger partial charge in [0.1, 0.15) is 13.2 Å². The molecule has 0 aromatic heterocycles. The first-order valence-electron chi connectivity index (χ1n) is 37.5. The van der Waals surface area contributed by atoms with Crippen molar-refractivity contribution in [1.29, 1.82) is 0 Å². The van der Waals surface area contributed by atoms with Crippen LogP contribution in [-0.4, -0.2) is 87.4 Å². The molecule has 0 radical (unpaired) electrons. The van der Waals surface area contributed by atoms with E-state index in [0.717, 1.165) is 173 Å². The van der Waals surface area contributed by atoms with E-state index in [9.17, 15) is 19.5 Å². The molecule has 0 spiro atoms. The van der Waals surface area contributed by atoms with Crippen molar-refractivity contribution in [3.05, 3.63) is 231 Å². The molecule has 0 heterocycles. The topological polar surface area (TPSA) is 108 Å². The molecule has 540 valence electrons. The van der Waals surface area contributed by atoms with E-state index >= 15 is 0 Å². The number of likely N-dealkylation sites (N-methyl/N-ethyl adjacent to an activating group) is 1. The number of unbranched alkanes of at least 4 members (excludes halogenated alkanes) is 13. The van der Waals surface area contributed by atoms with Crippen molar-refractivity contribution in [2.75, 3.05) is 47.5 Å². The molecular formula is C88H136NO8+. The molecule has 0 rings (SSSR count). The Labute approximate surface area is 593 Å². The highest BCUT2D eigenvalue weighted by molar-refractivity contribution is 5.71. The van der Waals surface area contributed by atoms with E-state index in [-0.39, 0.29) is 38.6 Å². The zero-order valence-electron chi connectivity index (χ0n) is 61.6. The van der Waals surface area contributed by atoms with Crippen LogP contribution >= 0.6 is 0 Å². The summed E-state index contributed by atoms with van der Waals surface area (Å²) in [5, 5.41) is 9.76. The molecule has 0 bridgehead atoms. The van der Waals surface area contributed by atoms with Crippen LogP contribution in [0.15, 0.2) is 231 Å². The molecule has 0 aliphatic rings. The van der Waals surface area contributed by atoms with Gasteiger partial charge in [0.25, 0.3) is 6.29 Å². The number of hydrogen-bond acceptors (Lipinski definition) is 7. The molecule has 0 amide bonds. The quantitative estimate of drug-likeness (QED) is 0.0211. The third-order valence-corrected chi connectivity index (χ3v) is 14.9. The summed E-state index contributed by atoms with van der Waals surface area (Å²) in [4.78, 5) is 37.7. The number of carboxylic acid groups (broad SMARTS) is 1. The summed E-state index contributed by atoms with van der Waals surface area (Å²) in [6.07, 6.45) is 117. The fourth-order valence-electron chi connectivity index (χ4n) is 9.27. The number of esters is 2. The molecule has 9 heteroatoms. The minimum atomic E-state index is -1.54. The van der Waals surface area contributed by atoms with Crippen LogP contribution in [0.25, 0.3) is 0 Å². The highest BCUT2D eigenvalue weighted by atomic mass is 16.7. The van der Waals surface area contributed by atoms with E-state index in [0.29, 0.717) is 17.4 Å². The number of hydrogen-bond donors (Lipinski definition) is 1. The highest BCUT2D eigenvalue weighted by Gasteiger charge is 2.25. The highest BCUT2D eigenvalue weighted by Crippen LogP contribution is 2.15. The molecule has 1 N–H and O–H groups in total. The van der Waals surface area contributed by atoms with Crippen molar-refractivity contribution in [3.8, 4) is 0 Å². The van der Waals surface area contributed by atoms with Crippen LogP contribution in [0, 0.1) is 0 Å². The number of ether oxygens (including phenoxy) is 4. The Kier molecular flexibility index (Phi) is 70.0. The summed E-state index contributed by atoms with van der Waals surface area (Å²) >= 11 is 0. The first kappa shape index (κ1) is 90.4. The summed E-state index contributed by atoms with van der Waals surface area (Å²) in [5.41, 5.74) is 0. The molecule has 2 unspecified atom stereocenters. The van der Waals surface area contributed by atoms with Crippen LogP contribution < -0.4 is 0 Å². The van der Waals surface area contributed by atoms with Gasteiger partial charge in [-0.1, -0.05) is 303 Å². The maximum Gasteiger partial charge on any atom is 0.361 e. The van der Waals surface area contributed by atoms with Crippen LogP contribution in [0.3, 0.4) is 0 Å². The molecule has 0 aliphatic carbocycles. The van der Waals surface area contributed by atoms with Gasteiger partial charge in [0.2, 0.25) is 0 Å². The fraction of sp³-hybridized carbons (Fsp3) is 0.534. The van der Waals surface area contributed by atoms with Crippen LogP contribution in [0.1, 0.15) is 245 Å². The number of quaternary nitrogens is 1. The summed E-state index contributed by atoms with van der Waals surface area (Å²) in [6, 6.07) is 0. The summed E-state index contributed by atoms with van der Waals surface area (Å²) < 4.78 is 22.9. The minimum absolute atomic E-state index is 0.167. The van der Waals surface area contributed by atoms with Crippen LogP contribution in [0.5, 0.6) is 0 Å². The Morgan fingerprint density at radius 3 is 0.835 bits per heavy atom. The molecule has 0 aliphatic heterocycles. The number of allylic oxidation sites excluding steroid dienone is 38. The second-order valence-electron chi connectivity index (χ2n) is 25.1. The van der Waals surface area contributed by atoms with E-state index in [4.69, 9.17) is 18.9 Å². The van der Waals surface area contributed by atoms with Gasteiger partial charge in [-0.25, -0.2) is 4.79 Å². The van der Waals surface area contributed by atoms with Crippen LogP contribution in [-0.2, 0) is 33.3 Å². The Balaban J connectivity index is 4.26. The lowest BCUT2D eigenvalue weighted by atomic mass is 10.1. The van der Waals surface area contributed by atoms with Crippen LogP contribution in [0.2, 0.25) is 0 Å². The van der Waals surface area contributed by atoms with Crippen molar-refractivity contribution in [2.24, 2.45) is 0 Å². The smallest absolute Gasteiger partial charge is 0.361 e. The standard InChI is InChI=1S/C88H135NO8/c1-6-8-10-12-14-16-18-20-22-24-26-28-30-32-34-36-38-40-42-43-45-47-49-51-53-55-57-59-61-63-65-67-69-71-73-75-77-79-86(91)97-84(83-96-88(87(92)93)94-81-80-89(3,4)5)82-95-85(90)78-76-74-72-70-68-66-64-62-60-58-56-54-52-50-48-46-44-41-39-37-35-33-31-29-27-25-23-21-19-17-15-13-11-9-7-2/h8-11,14-17,20-23,26-29,32-35,38-41,43,45-46,48-49,51-52,54-55,57,61,63,67,69,84,88H,6-7,12-13,18-19,24-25,30-31,36-37,42,44,47,50,53,56,58-60,62,64-66,68,70-83H2,1-5H3/p+1/b10-8-,11-9-,16-14-,17-15-,22-20-,23-21-,28-26-,29-27-,34-32-,35-33-,40-38-,41-39-,45-43-,48-46-,51-49-,54-52-,57-55-,63-61-,69-67-. The lowest BCUT2D eigenvalue weighted by Gasteiger charge is -2.25. The summed E-state index contributed by atoms with van der Waals surface area (Å²) in [5.74, 6) is -2.08. The molecule has 0 aromatic carbocycles. The Bertz CT molecular complexity index is 2450. The van der Waals surface area contributed by atoms with Crippen molar-refractivity contribution < 1.29 is 42.9 Å². The molecule has 0 saturated carbocycles. The van der Waals surface area contributed by atoms with Gasteiger partial charge in [-0.2, -0.15) is 0 Å². The zero-order valence-corrected chi connectivity index (χ0v) is 61.6. The van der Waals surface area contributed by atoms with Gasteiger partial charge in [-0.15, -0.1) is 0 Å². The Morgan fingerprint density at radius 1 is 0.309 bits per heavy atom. The molecule has 0 aromatic rings. The van der Waals surface area contributed by atoms with E-state index in [1.807, 2.05) is 21.1 Å².